The molecule has 1 aliphatic carbocycles. The number of ether oxygens (including phenoxy) is 2. The third-order valence-electron chi connectivity index (χ3n) is 5.72. The highest BCUT2D eigenvalue weighted by molar-refractivity contribution is 14.0. The first-order valence-corrected chi connectivity index (χ1v) is 10.7. The summed E-state index contributed by atoms with van der Waals surface area (Å²) < 4.78 is 11.0. The maximum Gasteiger partial charge on any atom is 0.225 e. The summed E-state index contributed by atoms with van der Waals surface area (Å²) >= 11 is 0. The average Bonchev–Trinajstić information content (AvgIpc) is 3.24. The molecule has 1 atom stereocenters. The van der Waals surface area contributed by atoms with Gasteiger partial charge in [0.2, 0.25) is 5.91 Å². The zero-order valence-corrected chi connectivity index (χ0v) is 20.4. The number of aliphatic imine (C=N–C) groups is 1. The van der Waals surface area contributed by atoms with Crippen LogP contribution < -0.4 is 20.1 Å². The van der Waals surface area contributed by atoms with E-state index in [0.29, 0.717) is 19.1 Å². The summed E-state index contributed by atoms with van der Waals surface area (Å²) in [6.07, 6.45) is 6.74. The first-order valence-electron chi connectivity index (χ1n) is 10.7. The number of carbonyl (C=O) groups excluding carboxylic acids is 1. The fourth-order valence-corrected chi connectivity index (χ4v) is 4.10. The van der Waals surface area contributed by atoms with Crippen LogP contribution in [0.2, 0.25) is 0 Å². The summed E-state index contributed by atoms with van der Waals surface area (Å²) in [6.45, 7) is 2.75. The number of likely N-dealkylation sites (tertiary alicyclic amines) is 1. The number of nitrogens with zero attached hydrogens (tertiary/aromatic N) is 2. The van der Waals surface area contributed by atoms with Gasteiger partial charge in [0.25, 0.3) is 0 Å². The van der Waals surface area contributed by atoms with E-state index in [0.717, 1.165) is 49.8 Å². The molecule has 30 heavy (non-hydrogen) atoms. The molecular weight excluding hydrogens is 495 g/mol. The molecule has 1 aromatic rings. The van der Waals surface area contributed by atoms with Crippen molar-refractivity contribution in [2.75, 3.05) is 40.4 Å². The van der Waals surface area contributed by atoms with Crippen LogP contribution in [0, 0.1) is 5.92 Å². The van der Waals surface area contributed by atoms with E-state index in [-0.39, 0.29) is 35.9 Å². The average molecular weight is 530 g/mol. The first-order chi connectivity index (χ1) is 14.2. The minimum Gasteiger partial charge on any atom is -0.497 e. The van der Waals surface area contributed by atoms with E-state index in [1.54, 1.807) is 14.2 Å². The van der Waals surface area contributed by atoms with Crippen molar-refractivity contribution in [3.63, 3.8) is 0 Å². The Morgan fingerprint density at radius 3 is 2.70 bits per heavy atom. The number of hydrogen-bond donors (Lipinski definition) is 2. The minimum absolute atomic E-state index is 0. The van der Waals surface area contributed by atoms with Gasteiger partial charge in [0.1, 0.15) is 18.1 Å². The monoisotopic (exact) mass is 530 g/mol. The van der Waals surface area contributed by atoms with Crippen molar-refractivity contribution in [3.05, 3.63) is 24.3 Å². The fourth-order valence-electron chi connectivity index (χ4n) is 4.10. The second-order valence-electron chi connectivity index (χ2n) is 7.78. The number of nitrogens with one attached hydrogen (secondary N) is 2. The number of methoxy groups -OCH3 is 1. The molecule has 8 heteroatoms. The Morgan fingerprint density at radius 1 is 1.20 bits per heavy atom. The van der Waals surface area contributed by atoms with Crippen molar-refractivity contribution in [1.82, 2.24) is 15.5 Å². The summed E-state index contributed by atoms with van der Waals surface area (Å²) in [5.74, 6) is 2.90. The van der Waals surface area contributed by atoms with E-state index in [1.165, 1.54) is 19.3 Å². The number of carbonyl (C=O) groups is 1. The zero-order chi connectivity index (χ0) is 20.5. The fraction of sp³-hybridized carbons (Fsp3) is 0.636. The summed E-state index contributed by atoms with van der Waals surface area (Å²) in [6, 6.07) is 7.81. The Labute approximate surface area is 197 Å². The number of hydrogen-bond acceptors (Lipinski definition) is 4. The molecule has 2 N–H and O–H groups in total. The third kappa shape index (κ3) is 7.21. The highest BCUT2D eigenvalue weighted by Gasteiger charge is 2.31. The van der Waals surface area contributed by atoms with Gasteiger partial charge in [-0.1, -0.05) is 25.3 Å². The standard InChI is InChI=1S/C22H34N4O3.HI/c1-23-22(24-12-14-29-20-10-6-9-19(15-20)28-2)25-18-11-13-26(16-18)21(27)17-7-4-3-5-8-17;/h6,9-10,15,17-18H,3-5,7-8,11-14,16H2,1-2H3,(H2,23,24,25);1H. The van der Waals surface area contributed by atoms with Crippen molar-refractivity contribution in [1.29, 1.82) is 0 Å². The lowest BCUT2D eigenvalue weighted by molar-refractivity contribution is -0.135. The molecule has 7 nitrogen and oxygen atoms in total. The predicted molar refractivity (Wildman–Crippen MR) is 130 cm³/mol. The van der Waals surface area contributed by atoms with Gasteiger partial charge in [-0.25, -0.2) is 0 Å². The molecule has 1 saturated heterocycles. The van der Waals surface area contributed by atoms with E-state index >= 15 is 0 Å². The van der Waals surface area contributed by atoms with Crippen LogP contribution >= 0.6 is 24.0 Å². The van der Waals surface area contributed by atoms with Crippen molar-refractivity contribution in [3.8, 4) is 11.5 Å². The van der Waals surface area contributed by atoms with Crippen LogP contribution in [-0.2, 0) is 4.79 Å². The van der Waals surface area contributed by atoms with Crippen LogP contribution in [0.15, 0.2) is 29.3 Å². The molecule has 1 saturated carbocycles. The quantitative estimate of drug-likeness (QED) is 0.246. The Morgan fingerprint density at radius 2 is 1.97 bits per heavy atom. The van der Waals surface area contributed by atoms with Crippen molar-refractivity contribution < 1.29 is 14.3 Å². The van der Waals surface area contributed by atoms with Gasteiger partial charge in [-0.05, 0) is 31.4 Å². The third-order valence-corrected chi connectivity index (χ3v) is 5.72. The lowest BCUT2D eigenvalue weighted by Crippen LogP contribution is -2.46. The maximum absolute atomic E-state index is 12.7. The Bertz CT molecular complexity index is 695. The summed E-state index contributed by atoms with van der Waals surface area (Å²) in [7, 11) is 3.40. The number of halogens is 1. The molecule has 3 rings (SSSR count). The van der Waals surface area contributed by atoms with Crippen molar-refractivity contribution >= 4 is 35.8 Å². The minimum atomic E-state index is 0. The van der Waals surface area contributed by atoms with E-state index in [1.807, 2.05) is 29.2 Å². The second-order valence-corrected chi connectivity index (χ2v) is 7.78. The van der Waals surface area contributed by atoms with Crippen LogP contribution in [0.5, 0.6) is 11.5 Å². The van der Waals surface area contributed by atoms with Gasteiger partial charge in [0.15, 0.2) is 5.96 Å². The van der Waals surface area contributed by atoms with Gasteiger partial charge in [0.05, 0.1) is 13.7 Å². The molecule has 1 amide bonds. The van der Waals surface area contributed by atoms with Gasteiger partial charge in [-0.3, -0.25) is 9.79 Å². The van der Waals surface area contributed by atoms with Crippen LogP contribution in [-0.4, -0.2) is 63.2 Å². The van der Waals surface area contributed by atoms with E-state index in [9.17, 15) is 4.79 Å². The highest BCUT2D eigenvalue weighted by Crippen LogP contribution is 2.26. The molecular formula is C22H35IN4O3. The normalized spacial score (nSPS) is 19.7. The largest absolute Gasteiger partial charge is 0.497 e. The molecule has 2 aliphatic rings. The van der Waals surface area contributed by atoms with Crippen LogP contribution in [0.3, 0.4) is 0 Å². The Hall–Kier alpha value is -1.71. The van der Waals surface area contributed by atoms with Gasteiger partial charge in [-0.15, -0.1) is 24.0 Å². The maximum atomic E-state index is 12.7. The van der Waals surface area contributed by atoms with Gasteiger partial charge in [-0.2, -0.15) is 0 Å². The van der Waals surface area contributed by atoms with E-state index in [2.05, 4.69) is 15.6 Å². The highest BCUT2D eigenvalue weighted by atomic mass is 127. The van der Waals surface area contributed by atoms with E-state index in [4.69, 9.17) is 9.47 Å². The number of benzene rings is 1. The molecule has 2 fully saturated rings. The molecule has 1 aromatic carbocycles. The molecule has 0 spiro atoms. The van der Waals surface area contributed by atoms with Crippen LogP contribution in [0.25, 0.3) is 0 Å². The number of guanidine groups is 1. The number of amides is 1. The van der Waals surface area contributed by atoms with Crippen molar-refractivity contribution in [2.24, 2.45) is 10.9 Å². The molecule has 0 aromatic heterocycles. The molecule has 0 bridgehead atoms. The van der Waals surface area contributed by atoms with Gasteiger partial charge in [0, 0.05) is 38.2 Å². The first kappa shape index (κ1) is 24.6. The van der Waals surface area contributed by atoms with E-state index < -0.39 is 0 Å². The summed E-state index contributed by atoms with van der Waals surface area (Å²) in [5, 5.41) is 6.72. The summed E-state index contributed by atoms with van der Waals surface area (Å²) in [5.41, 5.74) is 0. The molecule has 1 aliphatic heterocycles. The molecule has 168 valence electrons. The molecule has 1 unspecified atom stereocenters. The lowest BCUT2D eigenvalue weighted by Gasteiger charge is -2.26. The van der Waals surface area contributed by atoms with Crippen LogP contribution in [0.4, 0.5) is 0 Å². The van der Waals surface area contributed by atoms with Gasteiger partial charge >= 0.3 is 0 Å². The van der Waals surface area contributed by atoms with Gasteiger partial charge < -0.3 is 25.0 Å². The van der Waals surface area contributed by atoms with Crippen molar-refractivity contribution in [2.45, 2.75) is 44.6 Å². The SMILES string of the molecule is CN=C(NCCOc1cccc(OC)c1)NC1CCN(C(=O)C2CCCCC2)C1.I. The zero-order valence-electron chi connectivity index (χ0n) is 18.1. The number of rotatable bonds is 7. The predicted octanol–water partition coefficient (Wildman–Crippen LogP) is 3.04. The molecule has 1 heterocycles. The van der Waals surface area contributed by atoms with Crippen LogP contribution in [0.1, 0.15) is 38.5 Å². The smallest absolute Gasteiger partial charge is 0.225 e. The summed E-state index contributed by atoms with van der Waals surface area (Å²) in [4.78, 5) is 19.1. The Balaban J connectivity index is 0.00000320. The lowest BCUT2D eigenvalue weighted by atomic mass is 9.88. The topological polar surface area (TPSA) is 75.2 Å². The Kier molecular flexibility index (Phi) is 10.5. The second kappa shape index (κ2) is 12.9. The molecule has 0 radical (unpaired) electrons.